The largest absolute Gasteiger partial charge is 0.454 e. The number of aromatic nitrogens is 2. The summed E-state index contributed by atoms with van der Waals surface area (Å²) in [5.74, 6) is 0.894. The topological polar surface area (TPSA) is 62.5 Å². The minimum absolute atomic E-state index is 0.0359. The van der Waals surface area contributed by atoms with Crippen LogP contribution in [0, 0.1) is 0 Å². The second kappa shape index (κ2) is 5.43. The normalized spacial score (nSPS) is 13.4. The molecular weight excluding hydrogens is 329 g/mol. The molecule has 0 fully saturated rings. The zero-order valence-corrected chi connectivity index (χ0v) is 12.8. The van der Waals surface area contributed by atoms with E-state index in [2.05, 4.69) is 0 Å². The summed E-state index contributed by atoms with van der Waals surface area (Å²) < 4.78 is 51.6. The van der Waals surface area contributed by atoms with Crippen LogP contribution in [0.1, 0.15) is 16.8 Å². The van der Waals surface area contributed by atoms with Crippen LogP contribution in [0.3, 0.4) is 0 Å². The number of rotatable bonds is 2. The number of benzene rings is 1. The summed E-state index contributed by atoms with van der Waals surface area (Å²) in [5, 5.41) is 0. The van der Waals surface area contributed by atoms with Crippen LogP contribution in [0.2, 0.25) is 0 Å². The molecule has 0 saturated carbocycles. The van der Waals surface area contributed by atoms with Crippen LogP contribution in [0.25, 0.3) is 0 Å². The molecule has 2 aromatic rings. The van der Waals surface area contributed by atoms with Crippen LogP contribution >= 0.6 is 0 Å². The van der Waals surface area contributed by atoms with Gasteiger partial charge in [-0.3, -0.25) is 13.9 Å². The third-order valence-electron chi connectivity index (χ3n) is 3.84. The Bertz CT molecular complexity index is 928. The molecule has 0 unspecified atom stereocenters. The SMILES string of the molecule is Cn1c(C(F)(F)F)c(Cc2ccc3c(c2)OCO3)c(=O)n(C)c1=O. The van der Waals surface area contributed by atoms with E-state index in [0.717, 1.165) is 14.1 Å². The van der Waals surface area contributed by atoms with Crippen molar-refractivity contribution in [3.8, 4) is 11.5 Å². The molecule has 1 aromatic heterocycles. The van der Waals surface area contributed by atoms with Crippen LogP contribution < -0.4 is 20.7 Å². The molecular formula is C15H13F3N2O4. The highest BCUT2D eigenvalue weighted by Crippen LogP contribution is 2.34. The van der Waals surface area contributed by atoms with E-state index in [9.17, 15) is 22.8 Å². The van der Waals surface area contributed by atoms with Crippen LogP contribution in [-0.4, -0.2) is 15.9 Å². The number of ether oxygens (including phenoxy) is 2. The fourth-order valence-corrected chi connectivity index (χ4v) is 2.69. The van der Waals surface area contributed by atoms with Gasteiger partial charge in [0.25, 0.3) is 5.56 Å². The maximum Gasteiger partial charge on any atom is 0.432 e. The second-order valence-corrected chi connectivity index (χ2v) is 5.40. The van der Waals surface area contributed by atoms with Crippen molar-refractivity contribution in [3.05, 3.63) is 55.9 Å². The minimum atomic E-state index is -4.83. The molecule has 0 N–H and O–H groups in total. The number of hydrogen-bond acceptors (Lipinski definition) is 4. The molecule has 24 heavy (non-hydrogen) atoms. The molecule has 9 heteroatoms. The maximum absolute atomic E-state index is 13.4. The molecule has 0 spiro atoms. The van der Waals surface area contributed by atoms with Crippen molar-refractivity contribution in [1.82, 2.24) is 9.13 Å². The molecule has 1 aliphatic rings. The molecule has 0 bridgehead atoms. The fraction of sp³-hybridized carbons (Fsp3) is 0.333. The van der Waals surface area contributed by atoms with Crippen molar-refractivity contribution in [3.63, 3.8) is 0 Å². The molecule has 0 aliphatic carbocycles. The Morgan fingerprint density at radius 2 is 1.75 bits per heavy atom. The molecule has 0 radical (unpaired) electrons. The highest BCUT2D eigenvalue weighted by atomic mass is 19.4. The second-order valence-electron chi connectivity index (χ2n) is 5.40. The molecule has 0 amide bonds. The van der Waals surface area contributed by atoms with Crippen LogP contribution in [-0.2, 0) is 26.7 Å². The van der Waals surface area contributed by atoms with Gasteiger partial charge in [0.1, 0.15) is 5.69 Å². The number of halogens is 3. The van der Waals surface area contributed by atoms with Gasteiger partial charge in [0.2, 0.25) is 6.79 Å². The van der Waals surface area contributed by atoms with E-state index in [-0.39, 0.29) is 13.2 Å². The average Bonchev–Trinajstić information content (AvgIpc) is 2.97. The summed E-state index contributed by atoms with van der Waals surface area (Å²) in [5.41, 5.74) is -3.29. The van der Waals surface area contributed by atoms with Crippen molar-refractivity contribution in [2.45, 2.75) is 12.6 Å². The third kappa shape index (κ3) is 2.55. The summed E-state index contributed by atoms with van der Waals surface area (Å²) in [6, 6.07) is 4.64. The Labute approximate surface area is 133 Å². The van der Waals surface area contributed by atoms with Crippen molar-refractivity contribution in [1.29, 1.82) is 0 Å². The Morgan fingerprint density at radius 3 is 2.42 bits per heavy atom. The summed E-state index contributed by atoms with van der Waals surface area (Å²) in [7, 11) is 2.14. The number of hydrogen-bond donors (Lipinski definition) is 0. The first-order valence-electron chi connectivity index (χ1n) is 6.94. The molecule has 1 aromatic carbocycles. The summed E-state index contributed by atoms with van der Waals surface area (Å²) >= 11 is 0. The monoisotopic (exact) mass is 342 g/mol. The lowest BCUT2D eigenvalue weighted by Gasteiger charge is -2.17. The van der Waals surface area contributed by atoms with E-state index < -0.39 is 28.7 Å². The van der Waals surface area contributed by atoms with Gasteiger partial charge < -0.3 is 9.47 Å². The lowest BCUT2D eigenvalue weighted by Crippen LogP contribution is -2.43. The zero-order chi connectivity index (χ0) is 17.6. The fourth-order valence-electron chi connectivity index (χ4n) is 2.69. The first kappa shape index (κ1) is 16.2. The van der Waals surface area contributed by atoms with Crippen LogP contribution in [0.5, 0.6) is 11.5 Å². The zero-order valence-electron chi connectivity index (χ0n) is 12.8. The van der Waals surface area contributed by atoms with E-state index in [1.807, 2.05) is 0 Å². The minimum Gasteiger partial charge on any atom is -0.454 e. The van der Waals surface area contributed by atoms with Crippen molar-refractivity contribution in [2.75, 3.05) is 6.79 Å². The first-order chi connectivity index (χ1) is 11.2. The van der Waals surface area contributed by atoms with E-state index >= 15 is 0 Å². The predicted octanol–water partition coefficient (Wildman–Crippen LogP) is 1.42. The smallest absolute Gasteiger partial charge is 0.432 e. The molecule has 1 aliphatic heterocycles. The lowest BCUT2D eigenvalue weighted by molar-refractivity contribution is -0.144. The van der Waals surface area contributed by atoms with Crippen LogP contribution in [0.4, 0.5) is 13.2 Å². The van der Waals surface area contributed by atoms with E-state index in [1.165, 1.54) is 6.07 Å². The number of fused-ring (bicyclic) bond motifs is 1. The summed E-state index contributed by atoms with van der Waals surface area (Å²) in [4.78, 5) is 24.0. The van der Waals surface area contributed by atoms with Crippen molar-refractivity contribution < 1.29 is 22.6 Å². The predicted molar refractivity (Wildman–Crippen MR) is 77.3 cm³/mol. The van der Waals surface area contributed by atoms with Gasteiger partial charge in [-0.25, -0.2) is 4.79 Å². The highest BCUT2D eigenvalue weighted by molar-refractivity contribution is 5.45. The Balaban J connectivity index is 2.17. The Kier molecular flexibility index (Phi) is 3.66. The quantitative estimate of drug-likeness (QED) is 0.828. The third-order valence-corrected chi connectivity index (χ3v) is 3.84. The van der Waals surface area contributed by atoms with Gasteiger partial charge in [0.05, 0.1) is 5.56 Å². The van der Waals surface area contributed by atoms with Gasteiger partial charge in [-0.15, -0.1) is 0 Å². The molecule has 3 rings (SSSR count). The van der Waals surface area contributed by atoms with E-state index in [1.54, 1.807) is 12.1 Å². The molecule has 6 nitrogen and oxygen atoms in total. The standard InChI is InChI=1S/C15H13F3N2O4/c1-19-12(15(16,17)18)9(13(21)20(2)14(19)22)5-8-3-4-10-11(6-8)24-7-23-10/h3-4,6H,5,7H2,1-2H3. The average molecular weight is 342 g/mol. The van der Waals surface area contributed by atoms with Crippen LogP contribution in [0.15, 0.2) is 27.8 Å². The molecule has 0 saturated heterocycles. The van der Waals surface area contributed by atoms with Crippen molar-refractivity contribution >= 4 is 0 Å². The summed E-state index contributed by atoms with van der Waals surface area (Å²) in [6.45, 7) is 0.0359. The lowest BCUT2D eigenvalue weighted by atomic mass is 10.0. The molecule has 0 atom stereocenters. The number of nitrogens with zero attached hydrogens (tertiary/aromatic N) is 2. The van der Waals surface area contributed by atoms with Gasteiger partial charge >= 0.3 is 11.9 Å². The van der Waals surface area contributed by atoms with Gasteiger partial charge in [-0.1, -0.05) is 6.07 Å². The number of alkyl halides is 3. The summed E-state index contributed by atoms with van der Waals surface area (Å²) in [6.07, 6.45) is -5.11. The molecule has 128 valence electrons. The van der Waals surface area contributed by atoms with Gasteiger partial charge in [0.15, 0.2) is 11.5 Å². The van der Waals surface area contributed by atoms with Gasteiger partial charge in [-0.2, -0.15) is 13.2 Å². The highest BCUT2D eigenvalue weighted by Gasteiger charge is 2.38. The van der Waals surface area contributed by atoms with Gasteiger partial charge in [0, 0.05) is 20.5 Å². The van der Waals surface area contributed by atoms with Gasteiger partial charge in [-0.05, 0) is 17.7 Å². The Hall–Kier alpha value is -2.71. The van der Waals surface area contributed by atoms with Crippen molar-refractivity contribution in [2.24, 2.45) is 14.1 Å². The van der Waals surface area contributed by atoms with E-state index in [0.29, 0.717) is 26.2 Å². The van der Waals surface area contributed by atoms with E-state index in [4.69, 9.17) is 9.47 Å². The molecule has 2 heterocycles. The Morgan fingerprint density at radius 1 is 1.08 bits per heavy atom. The maximum atomic E-state index is 13.4. The first-order valence-corrected chi connectivity index (χ1v) is 6.94.